The van der Waals surface area contributed by atoms with Gasteiger partial charge in [0, 0.05) is 25.7 Å². The van der Waals surface area contributed by atoms with Crippen molar-refractivity contribution in [2.75, 3.05) is 13.1 Å². The van der Waals surface area contributed by atoms with E-state index < -0.39 is 12.1 Å². The van der Waals surface area contributed by atoms with Gasteiger partial charge in [0.05, 0.1) is 0 Å². The highest BCUT2D eigenvalue weighted by Crippen LogP contribution is 2.40. The van der Waals surface area contributed by atoms with E-state index in [1.165, 1.54) is 5.56 Å². The average molecular weight is 298 g/mol. The zero-order valence-electron chi connectivity index (χ0n) is 11.4. The van der Waals surface area contributed by atoms with Gasteiger partial charge < -0.3 is 5.32 Å². The summed E-state index contributed by atoms with van der Waals surface area (Å²) < 4.78 is 36.9. The van der Waals surface area contributed by atoms with E-state index in [4.69, 9.17) is 0 Å². The fourth-order valence-corrected chi connectivity index (χ4v) is 3.42. The zero-order chi connectivity index (χ0) is 15.0. The first-order chi connectivity index (χ1) is 9.93. The number of carbonyl (C=O) groups is 1. The number of amides is 1. The Hall–Kier alpha value is -1.56. The Morgan fingerprint density at radius 3 is 2.38 bits per heavy atom. The van der Waals surface area contributed by atoms with Gasteiger partial charge in [-0.1, -0.05) is 30.3 Å². The van der Waals surface area contributed by atoms with Crippen LogP contribution in [0.15, 0.2) is 30.3 Å². The zero-order valence-corrected chi connectivity index (χ0v) is 11.4. The van der Waals surface area contributed by atoms with Crippen LogP contribution in [-0.4, -0.2) is 36.1 Å². The van der Waals surface area contributed by atoms with Gasteiger partial charge in [-0.25, -0.2) is 0 Å². The lowest BCUT2D eigenvalue weighted by Crippen LogP contribution is -2.65. The Kier molecular flexibility index (Phi) is 3.65. The van der Waals surface area contributed by atoms with Crippen molar-refractivity contribution >= 4 is 5.91 Å². The number of carbonyl (C=O) groups excluding carboxylic acids is 1. The molecule has 1 N–H and O–H groups in total. The monoisotopic (exact) mass is 298 g/mol. The molecule has 3 aliphatic rings. The molecule has 2 bridgehead atoms. The molecule has 6 heteroatoms. The Balaban J connectivity index is 1.54. The van der Waals surface area contributed by atoms with Crippen LogP contribution in [0.25, 0.3) is 0 Å². The molecule has 2 saturated heterocycles. The summed E-state index contributed by atoms with van der Waals surface area (Å²) in [5, 5.41) is 2.15. The van der Waals surface area contributed by atoms with Crippen molar-refractivity contribution in [1.29, 1.82) is 0 Å². The van der Waals surface area contributed by atoms with Crippen LogP contribution in [0.3, 0.4) is 0 Å². The van der Waals surface area contributed by atoms with Gasteiger partial charge in [-0.2, -0.15) is 13.2 Å². The highest BCUT2D eigenvalue weighted by Gasteiger charge is 2.50. The highest BCUT2D eigenvalue weighted by molar-refractivity contribution is 5.82. The van der Waals surface area contributed by atoms with Crippen LogP contribution >= 0.6 is 0 Å². The highest BCUT2D eigenvalue weighted by atomic mass is 19.4. The number of piperidine rings is 2. The molecule has 1 aromatic rings. The minimum Gasteiger partial charge on any atom is -0.345 e. The Bertz CT molecular complexity index is 505. The molecule has 0 aromatic heterocycles. The number of rotatable bonds is 3. The first-order valence-electron chi connectivity index (χ1n) is 7.07. The number of alkyl halides is 3. The maximum atomic E-state index is 12.3. The lowest BCUT2D eigenvalue weighted by molar-refractivity contribution is -0.177. The van der Waals surface area contributed by atoms with E-state index in [-0.39, 0.29) is 17.9 Å². The second-order valence-electron chi connectivity index (χ2n) is 5.93. The molecule has 0 spiro atoms. The van der Waals surface area contributed by atoms with E-state index in [0.29, 0.717) is 0 Å². The molecule has 3 nitrogen and oxygen atoms in total. The van der Waals surface area contributed by atoms with Gasteiger partial charge in [-0.05, 0) is 23.8 Å². The lowest BCUT2D eigenvalue weighted by Gasteiger charge is -2.53. The quantitative estimate of drug-likeness (QED) is 0.928. The molecule has 2 unspecified atom stereocenters. The summed E-state index contributed by atoms with van der Waals surface area (Å²) in [6.07, 6.45) is -3.87. The second kappa shape index (κ2) is 5.33. The number of hydrogen-bond acceptors (Lipinski definition) is 2. The summed E-state index contributed by atoms with van der Waals surface area (Å²) in [5.74, 6) is -1.53. The third kappa shape index (κ3) is 3.05. The first-order valence-corrected chi connectivity index (χ1v) is 7.07. The SMILES string of the molecule is O=C(NC1C2CC1CN(Cc1ccccc1)C2)C(F)(F)F. The van der Waals surface area contributed by atoms with Crippen LogP contribution in [0.5, 0.6) is 0 Å². The summed E-state index contributed by atoms with van der Waals surface area (Å²) in [5.41, 5.74) is 1.20. The molecule has 1 aromatic carbocycles. The molecule has 1 amide bonds. The van der Waals surface area contributed by atoms with E-state index in [1.807, 2.05) is 30.3 Å². The normalized spacial score (nSPS) is 28.8. The Morgan fingerprint density at radius 1 is 1.19 bits per heavy atom. The minimum atomic E-state index is -4.78. The molecular formula is C15H17F3N2O. The molecule has 2 aliphatic heterocycles. The number of hydrogen-bond donors (Lipinski definition) is 1. The maximum Gasteiger partial charge on any atom is 0.471 e. The van der Waals surface area contributed by atoms with Gasteiger partial charge >= 0.3 is 12.1 Å². The van der Waals surface area contributed by atoms with Crippen LogP contribution in [-0.2, 0) is 11.3 Å². The summed E-state index contributed by atoms with van der Waals surface area (Å²) in [6, 6.07) is 9.69. The van der Waals surface area contributed by atoms with Crippen molar-refractivity contribution in [2.45, 2.75) is 25.2 Å². The van der Waals surface area contributed by atoms with E-state index >= 15 is 0 Å². The molecule has 3 fully saturated rings. The van der Waals surface area contributed by atoms with E-state index in [0.717, 1.165) is 26.1 Å². The third-order valence-electron chi connectivity index (χ3n) is 4.41. The number of benzene rings is 1. The molecule has 114 valence electrons. The molecule has 4 rings (SSSR count). The van der Waals surface area contributed by atoms with Gasteiger partial charge in [0.15, 0.2) is 0 Å². The van der Waals surface area contributed by atoms with Gasteiger partial charge in [0.1, 0.15) is 0 Å². The smallest absolute Gasteiger partial charge is 0.345 e. The molecule has 2 atom stereocenters. The average Bonchev–Trinajstić information content (AvgIpc) is 2.44. The lowest BCUT2D eigenvalue weighted by atomic mass is 9.66. The molecule has 1 aliphatic carbocycles. The summed E-state index contributed by atoms with van der Waals surface area (Å²) in [7, 11) is 0. The van der Waals surface area contributed by atoms with Crippen molar-refractivity contribution in [2.24, 2.45) is 11.8 Å². The van der Waals surface area contributed by atoms with E-state index in [1.54, 1.807) is 0 Å². The fourth-order valence-electron chi connectivity index (χ4n) is 3.42. The number of nitrogens with zero attached hydrogens (tertiary/aromatic N) is 1. The molecule has 2 heterocycles. The van der Waals surface area contributed by atoms with Crippen LogP contribution in [0, 0.1) is 11.8 Å². The van der Waals surface area contributed by atoms with Gasteiger partial charge in [0.2, 0.25) is 0 Å². The van der Waals surface area contributed by atoms with Gasteiger partial charge in [0.25, 0.3) is 0 Å². The van der Waals surface area contributed by atoms with Crippen molar-refractivity contribution < 1.29 is 18.0 Å². The van der Waals surface area contributed by atoms with Crippen molar-refractivity contribution in [3.05, 3.63) is 35.9 Å². The van der Waals surface area contributed by atoms with E-state index in [9.17, 15) is 18.0 Å². The van der Waals surface area contributed by atoms with E-state index in [2.05, 4.69) is 10.2 Å². The van der Waals surface area contributed by atoms with Crippen LogP contribution in [0.1, 0.15) is 12.0 Å². The Morgan fingerprint density at radius 2 is 1.81 bits per heavy atom. The van der Waals surface area contributed by atoms with Crippen molar-refractivity contribution in [1.82, 2.24) is 10.2 Å². The van der Waals surface area contributed by atoms with Crippen LogP contribution in [0.2, 0.25) is 0 Å². The predicted octanol–water partition coefficient (Wildman–Crippen LogP) is 2.19. The molecule has 21 heavy (non-hydrogen) atoms. The molecule has 1 saturated carbocycles. The number of nitrogens with one attached hydrogen (secondary N) is 1. The second-order valence-corrected chi connectivity index (χ2v) is 5.93. The number of fused-ring (bicyclic) bond motifs is 2. The van der Waals surface area contributed by atoms with Gasteiger partial charge in [-0.15, -0.1) is 0 Å². The first kappa shape index (κ1) is 14.4. The minimum absolute atomic E-state index is 0.138. The number of halogens is 3. The molecule has 0 radical (unpaired) electrons. The predicted molar refractivity (Wildman–Crippen MR) is 71.3 cm³/mol. The third-order valence-corrected chi connectivity index (χ3v) is 4.41. The molecular weight excluding hydrogens is 281 g/mol. The maximum absolute atomic E-state index is 12.3. The fraction of sp³-hybridized carbons (Fsp3) is 0.533. The topological polar surface area (TPSA) is 32.3 Å². The summed E-state index contributed by atoms with van der Waals surface area (Å²) in [4.78, 5) is 13.3. The van der Waals surface area contributed by atoms with Crippen LogP contribution in [0.4, 0.5) is 13.2 Å². The van der Waals surface area contributed by atoms with Gasteiger partial charge in [-0.3, -0.25) is 9.69 Å². The van der Waals surface area contributed by atoms with Crippen LogP contribution < -0.4 is 5.32 Å². The summed E-state index contributed by atoms with van der Waals surface area (Å²) in [6.45, 7) is 2.30. The largest absolute Gasteiger partial charge is 0.471 e. The summed E-state index contributed by atoms with van der Waals surface area (Å²) >= 11 is 0. The van der Waals surface area contributed by atoms with Crippen molar-refractivity contribution in [3.8, 4) is 0 Å². The van der Waals surface area contributed by atoms with Crippen molar-refractivity contribution in [3.63, 3.8) is 0 Å². The standard InChI is InChI=1S/C15H17F3N2O/c16-15(17,18)14(21)19-13-11-6-12(13)9-20(8-11)7-10-4-2-1-3-5-10/h1-5,11-13H,6-9H2,(H,19,21). The Labute approximate surface area is 121 Å².